The summed E-state index contributed by atoms with van der Waals surface area (Å²) in [7, 11) is -1.04. The molecule has 2 nitrogen and oxygen atoms in total. The predicted octanol–water partition coefficient (Wildman–Crippen LogP) is 3.12. The third kappa shape index (κ3) is 1.74. The molecule has 3 rings (SSSR count). The van der Waals surface area contributed by atoms with E-state index < -0.39 is 10.8 Å². The topological polar surface area (TPSA) is 29.4 Å². The van der Waals surface area contributed by atoms with E-state index in [9.17, 15) is 4.21 Å². The third-order valence-electron chi connectivity index (χ3n) is 2.49. The van der Waals surface area contributed by atoms with Gasteiger partial charge in [0.25, 0.3) is 0 Å². The fraction of sp³-hybridized carbons (Fsp3) is 0.0833. The Labute approximate surface area is 100 Å². The molecular formula is C12H9NOS2. The number of thiophene rings is 1. The van der Waals surface area contributed by atoms with Gasteiger partial charge >= 0.3 is 0 Å². The zero-order valence-electron chi connectivity index (χ0n) is 8.42. The van der Waals surface area contributed by atoms with Crippen molar-refractivity contribution in [3.63, 3.8) is 0 Å². The fourth-order valence-corrected chi connectivity index (χ4v) is 3.37. The molecule has 0 saturated heterocycles. The van der Waals surface area contributed by atoms with Crippen LogP contribution in [0.1, 0.15) is 10.4 Å². The highest BCUT2D eigenvalue weighted by atomic mass is 32.2. The van der Waals surface area contributed by atoms with Gasteiger partial charge in [0.05, 0.1) is 26.9 Å². The molecule has 0 spiro atoms. The molecule has 1 aliphatic rings. The number of fused-ring (bicyclic) bond motifs is 1. The number of benzene rings is 1. The number of nitrogens with zero attached hydrogens (tertiary/aromatic N) is 1. The summed E-state index contributed by atoms with van der Waals surface area (Å²) in [6.07, 6.45) is 0.905. The molecule has 0 bridgehead atoms. The van der Waals surface area contributed by atoms with Crippen LogP contribution in [-0.2, 0) is 17.2 Å². The van der Waals surface area contributed by atoms with E-state index in [0.717, 1.165) is 17.0 Å². The van der Waals surface area contributed by atoms with Crippen molar-refractivity contribution in [3.05, 3.63) is 46.2 Å². The first-order valence-corrected chi connectivity index (χ1v) is 7.02. The Hall–Kier alpha value is -1.26. The second-order valence-electron chi connectivity index (χ2n) is 3.59. The standard InChI is InChI=1S/C12H9NOS2/c14-16-8-13-11-4-3-9(7-12(11)16)6-10-2-1-5-15-10/h1-5,7-8H,6H2. The summed E-state index contributed by atoms with van der Waals surface area (Å²) in [6, 6.07) is 10.2. The molecule has 80 valence electrons. The molecule has 0 radical (unpaired) electrons. The molecule has 0 fully saturated rings. The first kappa shape index (κ1) is 9.93. The lowest BCUT2D eigenvalue weighted by Gasteiger charge is -2.01. The molecule has 1 aromatic heterocycles. The highest BCUT2D eigenvalue weighted by molar-refractivity contribution is 7.99. The number of hydrogen-bond donors (Lipinski definition) is 0. The maximum absolute atomic E-state index is 11.6. The molecule has 1 aliphatic heterocycles. The van der Waals surface area contributed by atoms with Crippen LogP contribution in [0, 0.1) is 0 Å². The van der Waals surface area contributed by atoms with Gasteiger partial charge < -0.3 is 0 Å². The fourth-order valence-electron chi connectivity index (χ4n) is 1.71. The monoisotopic (exact) mass is 247 g/mol. The second kappa shape index (κ2) is 3.96. The van der Waals surface area contributed by atoms with E-state index in [2.05, 4.69) is 28.6 Å². The predicted molar refractivity (Wildman–Crippen MR) is 68.1 cm³/mol. The molecule has 1 unspecified atom stereocenters. The average molecular weight is 247 g/mol. The van der Waals surface area contributed by atoms with E-state index in [1.54, 1.807) is 11.3 Å². The Morgan fingerprint density at radius 3 is 3.06 bits per heavy atom. The maximum Gasteiger partial charge on any atom is 0.0984 e. The van der Waals surface area contributed by atoms with Gasteiger partial charge in [0, 0.05) is 11.3 Å². The van der Waals surface area contributed by atoms with Gasteiger partial charge in [-0.25, -0.2) is 9.20 Å². The Morgan fingerprint density at radius 1 is 1.31 bits per heavy atom. The zero-order valence-corrected chi connectivity index (χ0v) is 10.1. The normalized spacial score (nSPS) is 17.6. The molecular weight excluding hydrogens is 238 g/mol. The smallest absolute Gasteiger partial charge is 0.0984 e. The molecule has 16 heavy (non-hydrogen) atoms. The van der Waals surface area contributed by atoms with E-state index in [4.69, 9.17) is 0 Å². The van der Waals surface area contributed by atoms with Gasteiger partial charge in [-0.15, -0.1) is 11.3 Å². The quantitative estimate of drug-likeness (QED) is 0.801. The van der Waals surface area contributed by atoms with Crippen LogP contribution in [-0.4, -0.2) is 9.76 Å². The van der Waals surface area contributed by atoms with Crippen molar-refractivity contribution in [2.45, 2.75) is 11.3 Å². The number of aliphatic imine (C=N–C) groups is 1. The molecule has 1 aromatic carbocycles. The Bertz CT molecular complexity index is 573. The van der Waals surface area contributed by atoms with Crippen LogP contribution in [0.25, 0.3) is 0 Å². The van der Waals surface area contributed by atoms with Gasteiger partial charge in [-0.3, -0.25) is 0 Å². The molecule has 4 heteroatoms. The summed E-state index contributed by atoms with van der Waals surface area (Å²) in [5, 5.41) is 2.07. The van der Waals surface area contributed by atoms with E-state index >= 15 is 0 Å². The van der Waals surface area contributed by atoms with Gasteiger partial charge in [0.1, 0.15) is 0 Å². The maximum atomic E-state index is 11.6. The summed E-state index contributed by atoms with van der Waals surface area (Å²) in [5.74, 6) is 0. The van der Waals surface area contributed by atoms with Crippen LogP contribution in [0.15, 0.2) is 45.6 Å². The van der Waals surface area contributed by atoms with Crippen LogP contribution in [0.2, 0.25) is 0 Å². The first-order chi connectivity index (χ1) is 7.83. The highest BCUT2D eigenvalue weighted by Gasteiger charge is 2.14. The van der Waals surface area contributed by atoms with Crippen LogP contribution in [0.3, 0.4) is 0 Å². The lowest BCUT2D eigenvalue weighted by Crippen LogP contribution is -1.89. The van der Waals surface area contributed by atoms with Crippen molar-refractivity contribution in [2.75, 3.05) is 0 Å². The molecule has 0 amide bonds. The minimum atomic E-state index is -1.04. The first-order valence-electron chi connectivity index (χ1n) is 4.93. The number of hydrogen-bond acceptors (Lipinski definition) is 3. The van der Waals surface area contributed by atoms with E-state index in [1.165, 1.54) is 16.0 Å². The molecule has 0 N–H and O–H groups in total. The summed E-state index contributed by atoms with van der Waals surface area (Å²) in [4.78, 5) is 6.26. The van der Waals surface area contributed by atoms with Gasteiger partial charge in [0.2, 0.25) is 0 Å². The summed E-state index contributed by atoms with van der Waals surface area (Å²) in [6.45, 7) is 0. The highest BCUT2D eigenvalue weighted by Crippen LogP contribution is 2.29. The summed E-state index contributed by atoms with van der Waals surface area (Å²) < 4.78 is 11.6. The average Bonchev–Trinajstić information content (AvgIpc) is 2.90. The van der Waals surface area contributed by atoms with Crippen molar-refractivity contribution in [1.29, 1.82) is 0 Å². The van der Waals surface area contributed by atoms with Crippen molar-refractivity contribution < 1.29 is 4.21 Å². The van der Waals surface area contributed by atoms with Crippen molar-refractivity contribution in [3.8, 4) is 0 Å². The minimum absolute atomic E-state index is 0.841. The second-order valence-corrected chi connectivity index (χ2v) is 5.87. The van der Waals surface area contributed by atoms with Crippen molar-refractivity contribution in [2.24, 2.45) is 4.99 Å². The molecule has 1 atom stereocenters. The van der Waals surface area contributed by atoms with Crippen LogP contribution >= 0.6 is 11.3 Å². The zero-order chi connectivity index (χ0) is 11.0. The molecule has 0 saturated carbocycles. The van der Waals surface area contributed by atoms with Crippen LogP contribution in [0.5, 0.6) is 0 Å². The van der Waals surface area contributed by atoms with Gasteiger partial charge in [-0.1, -0.05) is 12.1 Å². The Kier molecular flexibility index (Phi) is 2.46. The van der Waals surface area contributed by atoms with Crippen molar-refractivity contribution in [1.82, 2.24) is 0 Å². The number of rotatable bonds is 2. The van der Waals surface area contributed by atoms with Gasteiger partial charge in [-0.2, -0.15) is 0 Å². The minimum Gasteiger partial charge on any atom is -0.248 e. The lowest BCUT2D eigenvalue weighted by molar-refractivity contribution is 0.691. The third-order valence-corrected chi connectivity index (χ3v) is 4.42. The van der Waals surface area contributed by atoms with Crippen LogP contribution < -0.4 is 0 Å². The SMILES string of the molecule is O=S1C=Nc2ccc(Cc3cccs3)cc21. The van der Waals surface area contributed by atoms with Gasteiger partial charge in [-0.05, 0) is 29.1 Å². The summed E-state index contributed by atoms with van der Waals surface area (Å²) >= 11 is 1.74. The van der Waals surface area contributed by atoms with E-state index in [1.807, 2.05) is 12.1 Å². The summed E-state index contributed by atoms with van der Waals surface area (Å²) in [5.41, 5.74) is 3.54. The molecule has 0 aliphatic carbocycles. The molecule has 2 aromatic rings. The van der Waals surface area contributed by atoms with E-state index in [-0.39, 0.29) is 0 Å². The van der Waals surface area contributed by atoms with Crippen molar-refractivity contribution >= 4 is 33.4 Å². The Balaban J connectivity index is 1.94. The molecule has 2 heterocycles. The Morgan fingerprint density at radius 2 is 2.25 bits per heavy atom. The van der Waals surface area contributed by atoms with Crippen LogP contribution in [0.4, 0.5) is 5.69 Å². The van der Waals surface area contributed by atoms with E-state index in [0.29, 0.717) is 0 Å². The largest absolute Gasteiger partial charge is 0.248 e. The lowest BCUT2D eigenvalue weighted by atomic mass is 10.1. The van der Waals surface area contributed by atoms with Gasteiger partial charge in [0.15, 0.2) is 0 Å².